The summed E-state index contributed by atoms with van der Waals surface area (Å²) in [6, 6.07) is 5.33. The summed E-state index contributed by atoms with van der Waals surface area (Å²) < 4.78 is 55.0. The van der Waals surface area contributed by atoms with E-state index in [2.05, 4.69) is 10.4 Å². The van der Waals surface area contributed by atoms with Crippen molar-refractivity contribution in [2.24, 2.45) is 5.10 Å². The molecule has 0 radical (unpaired) electrons. The van der Waals surface area contributed by atoms with Crippen LogP contribution in [0, 0.1) is 37.1 Å². The van der Waals surface area contributed by atoms with Gasteiger partial charge in [0.2, 0.25) is 5.91 Å². The summed E-state index contributed by atoms with van der Waals surface area (Å²) in [5, 5.41) is 6.45. The normalized spacial score (nSPS) is 14.1. The Labute approximate surface area is 157 Å². The summed E-state index contributed by atoms with van der Waals surface area (Å²) in [5.74, 6) is -8.49. The van der Waals surface area contributed by atoms with Crippen LogP contribution in [0.1, 0.15) is 24.0 Å². The van der Waals surface area contributed by atoms with Gasteiger partial charge in [0.05, 0.1) is 0 Å². The van der Waals surface area contributed by atoms with Crippen LogP contribution in [-0.4, -0.2) is 17.5 Å². The molecule has 5 nitrogen and oxygen atoms in total. The second-order valence-corrected chi connectivity index (χ2v) is 6.34. The molecule has 146 valence electrons. The zero-order chi connectivity index (χ0) is 20.6. The maximum absolute atomic E-state index is 14.0. The summed E-state index contributed by atoms with van der Waals surface area (Å²) in [7, 11) is 0. The van der Waals surface area contributed by atoms with E-state index in [9.17, 15) is 27.2 Å². The van der Waals surface area contributed by atoms with Crippen molar-refractivity contribution in [1.82, 2.24) is 0 Å². The van der Waals surface area contributed by atoms with Gasteiger partial charge in [0.1, 0.15) is 11.4 Å². The highest BCUT2D eigenvalue weighted by Gasteiger charge is 2.32. The number of nitrogens with one attached hydrogen (secondary N) is 1. The van der Waals surface area contributed by atoms with Gasteiger partial charge in [-0.15, -0.1) is 0 Å². The number of hydrazone groups is 1. The topological polar surface area (TPSA) is 61.8 Å². The molecular weight excluding hydrogens is 378 g/mol. The highest BCUT2D eigenvalue weighted by atomic mass is 19.2. The quantitative estimate of drug-likeness (QED) is 0.633. The van der Waals surface area contributed by atoms with Gasteiger partial charge in [-0.3, -0.25) is 9.59 Å². The van der Waals surface area contributed by atoms with Gasteiger partial charge >= 0.3 is 0 Å². The van der Waals surface area contributed by atoms with E-state index >= 15 is 0 Å². The molecule has 0 bridgehead atoms. The van der Waals surface area contributed by atoms with Gasteiger partial charge < -0.3 is 5.32 Å². The van der Waals surface area contributed by atoms with Crippen LogP contribution in [0.4, 0.5) is 28.9 Å². The fourth-order valence-electron chi connectivity index (χ4n) is 2.79. The lowest BCUT2D eigenvalue weighted by Gasteiger charge is -2.24. The molecule has 0 unspecified atom stereocenters. The zero-order valence-corrected chi connectivity index (χ0v) is 14.9. The number of amides is 2. The molecule has 28 heavy (non-hydrogen) atoms. The molecule has 1 N–H and O–H groups in total. The Morgan fingerprint density at radius 1 is 1.04 bits per heavy atom. The minimum Gasteiger partial charge on any atom is -0.321 e. The van der Waals surface area contributed by atoms with E-state index in [0.717, 1.165) is 11.1 Å². The Morgan fingerprint density at radius 3 is 2.29 bits per heavy atom. The van der Waals surface area contributed by atoms with Gasteiger partial charge in [-0.25, -0.2) is 17.6 Å². The Hall–Kier alpha value is -3.23. The van der Waals surface area contributed by atoms with Gasteiger partial charge in [0.15, 0.2) is 23.3 Å². The van der Waals surface area contributed by atoms with Gasteiger partial charge in [-0.1, -0.05) is 17.7 Å². The molecule has 0 saturated carbocycles. The first-order chi connectivity index (χ1) is 13.2. The van der Waals surface area contributed by atoms with Crippen LogP contribution in [0.3, 0.4) is 0 Å². The van der Waals surface area contributed by atoms with Gasteiger partial charge in [-0.05, 0) is 25.5 Å². The van der Waals surface area contributed by atoms with Crippen LogP contribution in [-0.2, 0) is 9.59 Å². The maximum Gasteiger partial charge on any atom is 0.271 e. The van der Waals surface area contributed by atoms with E-state index in [1.165, 1.54) is 0 Å². The maximum atomic E-state index is 14.0. The molecule has 0 fully saturated rings. The fourth-order valence-corrected chi connectivity index (χ4v) is 2.79. The first kappa shape index (κ1) is 19.5. The van der Waals surface area contributed by atoms with E-state index < -0.39 is 40.8 Å². The third kappa shape index (κ3) is 3.60. The number of carbonyl (C=O) groups excluding carboxylic acids is 2. The monoisotopic (exact) mass is 393 g/mol. The number of hydrogen-bond donors (Lipinski definition) is 1. The number of carbonyl (C=O) groups is 2. The van der Waals surface area contributed by atoms with Crippen LogP contribution < -0.4 is 10.3 Å². The van der Waals surface area contributed by atoms with Crippen molar-refractivity contribution in [3.05, 3.63) is 58.7 Å². The van der Waals surface area contributed by atoms with Crippen molar-refractivity contribution >= 4 is 28.9 Å². The number of hydrogen-bond acceptors (Lipinski definition) is 3. The lowest BCUT2D eigenvalue weighted by Crippen LogP contribution is -2.37. The average Bonchev–Trinajstić information content (AvgIpc) is 2.64. The SMILES string of the molecule is Cc1ccc(NC(=O)C2=NN(c3c(F)c(F)cc(F)c3F)C(=O)CC2)c(C)c1. The van der Waals surface area contributed by atoms with Crippen LogP contribution in [0.5, 0.6) is 0 Å². The third-order valence-electron chi connectivity index (χ3n) is 4.23. The van der Waals surface area contributed by atoms with Gasteiger partial charge in [0, 0.05) is 24.6 Å². The predicted octanol–water partition coefficient (Wildman–Crippen LogP) is 3.98. The molecule has 3 rings (SSSR count). The Morgan fingerprint density at radius 2 is 1.68 bits per heavy atom. The summed E-state index contributed by atoms with van der Waals surface area (Å²) >= 11 is 0. The summed E-state index contributed by atoms with van der Waals surface area (Å²) in [6.07, 6.45) is -0.400. The fraction of sp³-hybridized carbons (Fsp3) is 0.211. The lowest BCUT2D eigenvalue weighted by molar-refractivity contribution is -0.118. The Kier molecular flexibility index (Phi) is 5.17. The number of nitrogens with zero attached hydrogens (tertiary/aromatic N) is 2. The minimum absolute atomic E-state index is 0.0279. The van der Waals surface area contributed by atoms with Crippen molar-refractivity contribution in [1.29, 1.82) is 0 Å². The molecular formula is C19H15F4N3O2. The average molecular weight is 393 g/mol. The zero-order valence-electron chi connectivity index (χ0n) is 14.9. The molecule has 9 heteroatoms. The third-order valence-corrected chi connectivity index (χ3v) is 4.23. The summed E-state index contributed by atoms with van der Waals surface area (Å²) in [4.78, 5) is 24.5. The van der Waals surface area contributed by atoms with Crippen molar-refractivity contribution in [3.63, 3.8) is 0 Å². The highest BCUT2D eigenvalue weighted by Crippen LogP contribution is 2.30. The molecule has 0 atom stereocenters. The molecule has 0 aliphatic carbocycles. The van der Waals surface area contributed by atoms with Gasteiger partial charge in [-0.2, -0.15) is 10.1 Å². The van der Waals surface area contributed by atoms with E-state index in [-0.39, 0.29) is 29.6 Å². The van der Waals surface area contributed by atoms with E-state index in [4.69, 9.17) is 0 Å². The highest BCUT2D eigenvalue weighted by molar-refractivity contribution is 6.44. The van der Waals surface area contributed by atoms with Crippen LogP contribution in [0.25, 0.3) is 0 Å². The molecule has 2 aromatic rings. The molecule has 2 aromatic carbocycles. The molecule has 0 spiro atoms. The van der Waals surface area contributed by atoms with Crippen molar-refractivity contribution < 1.29 is 27.2 Å². The van der Waals surface area contributed by atoms with Crippen molar-refractivity contribution in [3.8, 4) is 0 Å². The lowest BCUT2D eigenvalue weighted by atomic mass is 10.1. The number of benzene rings is 2. The van der Waals surface area contributed by atoms with Crippen molar-refractivity contribution in [2.75, 3.05) is 10.3 Å². The van der Waals surface area contributed by atoms with Crippen LogP contribution in [0.15, 0.2) is 29.4 Å². The number of aryl methyl sites for hydroxylation is 2. The standard InChI is InChI=1S/C19H15F4N3O2/c1-9-3-4-13(10(2)7-9)24-19(28)14-5-6-15(27)26(25-14)18-16(22)11(20)8-12(21)17(18)23/h3-4,7-8H,5-6H2,1-2H3,(H,24,28). The molecule has 0 aromatic heterocycles. The first-order valence-corrected chi connectivity index (χ1v) is 8.31. The summed E-state index contributed by atoms with van der Waals surface area (Å²) in [6.45, 7) is 3.66. The number of halogens is 4. The largest absolute Gasteiger partial charge is 0.321 e. The predicted molar refractivity (Wildman–Crippen MR) is 95.0 cm³/mol. The molecule has 1 aliphatic heterocycles. The van der Waals surface area contributed by atoms with E-state index in [1.54, 1.807) is 19.1 Å². The second-order valence-electron chi connectivity index (χ2n) is 6.34. The Balaban J connectivity index is 1.96. The Bertz CT molecular complexity index is 994. The molecule has 1 aliphatic rings. The van der Waals surface area contributed by atoms with Gasteiger partial charge in [0.25, 0.3) is 5.91 Å². The molecule has 2 amide bonds. The van der Waals surface area contributed by atoms with E-state index in [0.29, 0.717) is 5.69 Å². The van der Waals surface area contributed by atoms with E-state index in [1.807, 2.05) is 13.0 Å². The van der Waals surface area contributed by atoms with Crippen LogP contribution >= 0.6 is 0 Å². The van der Waals surface area contributed by atoms with Crippen molar-refractivity contribution in [2.45, 2.75) is 26.7 Å². The molecule has 1 heterocycles. The second kappa shape index (κ2) is 7.41. The first-order valence-electron chi connectivity index (χ1n) is 8.31. The number of rotatable bonds is 3. The summed E-state index contributed by atoms with van der Waals surface area (Å²) in [5.41, 5.74) is 0.765. The smallest absolute Gasteiger partial charge is 0.271 e. The number of anilines is 2. The minimum atomic E-state index is -1.77. The molecule has 0 saturated heterocycles. The van der Waals surface area contributed by atoms with Crippen LogP contribution in [0.2, 0.25) is 0 Å².